The molecule has 1 N–H and O–H groups in total. The number of anilines is 1. The number of ether oxygens (including phenoxy) is 1. The van der Waals surface area contributed by atoms with E-state index in [9.17, 15) is 9.59 Å². The Balaban J connectivity index is 1.43. The summed E-state index contributed by atoms with van der Waals surface area (Å²) < 4.78 is 6.10. The molecule has 0 unspecified atom stereocenters. The summed E-state index contributed by atoms with van der Waals surface area (Å²) in [5.41, 5.74) is 2.49. The molecule has 0 aliphatic carbocycles. The number of esters is 1. The van der Waals surface area contributed by atoms with Crippen molar-refractivity contribution in [3.8, 4) is 16.8 Å². The minimum absolute atomic E-state index is 0.00443. The van der Waals surface area contributed by atoms with E-state index >= 15 is 0 Å². The number of nitrogens with one attached hydrogen (secondary N) is 1. The number of para-hydroxylation sites is 1. The summed E-state index contributed by atoms with van der Waals surface area (Å²) in [6.07, 6.45) is 3.15. The number of carbonyl (C=O) groups is 2. The fourth-order valence-corrected chi connectivity index (χ4v) is 3.77. The fourth-order valence-electron chi connectivity index (χ4n) is 2.81. The zero-order valence-electron chi connectivity index (χ0n) is 16.1. The highest BCUT2D eigenvalue weighted by Gasteiger charge is 2.21. The number of nitriles is 1. The number of rotatable bonds is 6. The number of aromatic nitrogens is 3. The normalized spacial score (nSPS) is 10.4. The van der Waals surface area contributed by atoms with E-state index < -0.39 is 18.5 Å². The summed E-state index contributed by atoms with van der Waals surface area (Å²) >= 11 is 1.39. The van der Waals surface area contributed by atoms with Gasteiger partial charge >= 0.3 is 5.97 Å². The number of fused-ring (bicyclic) bond motifs is 1. The maximum atomic E-state index is 12.6. The van der Waals surface area contributed by atoms with Gasteiger partial charge in [0.05, 0.1) is 22.7 Å². The zero-order valence-corrected chi connectivity index (χ0v) is 16.9. The number of hydrogen-bond acceptors (Lipinski definition) is 8. The molecular formula is C22H15N5O3S. The SMILES string of the molecule is N#CCc1ccc(NC(=O)COC(=O)c2nccnc2-c2nc3ccccc3s2)cc1. The molecule has 4 rings (SSSR count). The Labute approximate surface area is 181 Å². The van der Waals surface area contributed by atoms with Gasteiger partial charge in [0, 0.05) is 18.1 Å². The van der Waals surface area contributed by atoms with Crippen LogP contribution in [-0.2, 0) is 16.0 Å². The van der Waals surface area contributed by atoms with Gasteiger partial charge in [-0.1, -0.05) is 24.3 Å². The third-order valence-electron chi connectivity index (χ3n) is 4.24. The van der Waals surface area contributed by atoms with E-state index in [1.807, 2.05) is 24.3 Å². The average Bonchev–Trinajstić information content (AvgIpc) is 3.23. The Morgan fingerprint density at radius 3 is 2.61 bits per heavy atom. The summed E-state index contributed by atoms with van der Waals surface area (Å²) in [5.74, 6) is -1.26. The number of hydrogen-bond donors (Lipinski definition) is 1. The highest BCUT2D eigenvalue weighted by atomic mass is 32.1. The lowest BCUT2D eigenvalue weighted by Crippen LogP contribution is -2.21. The average molecular weight is 429 g/mol. The Bertz CT molecular complexity index is 1260. The monoisotopic (exact) mass is 429 g/mol. The van der Waals surface area contributed by atoms with E-state index in [4.69, 9.17) is 10.00 Å². The van der Waals surface area contributed by atoms with Gasteiger partial charge in [-0.25, -0.2) is 19.7 Å². The second-order valence-corrected chi connectivity index (χ2v) is 7.43. The van der Waals surface area contributed by atoms with Gasteiger partial charge < -0.3 is 10.1 Å². The van der Waals surface area contributed by atoms with Gasteiger partial charge in [0.25, 0.3) is 5.91 Å². The number of carbonyl (C=O) groups excluding carboxylic acids is 2. The van der Waals surface area contributed by atoms with Crippen molar-refractivity contribution in [2.45, 2.75) is 6.42 Å². The Morgan fingerprint density at radius 1 is 1.06 bits per heavy atom. The molecule has 2 aromatic heterocycles. The largest absolute Gasteiger partial charge is 0.451 e. The van der Waals surface area contributed by atoms with Crippen LogP contribution in [0.2, 0.25) is 0 Å². The molecule has 0 saturated heterocycles. The van der Waals surface area contributed by atoms with Gasteiger partial charge in [-0.3, -0.25) is 4.79 Å². The van der Waals surface area contributed by atoms with E-state index in [1.165, 1.54) is 23.7 Å². The van der Waals surface area contributed by atoms with Gasteiger partial charge in [-0.15, -0.1) is 11.3 Å². The molecule has 31 heavy (non-hydrogen) atoms. The molecule has 0 bridgehead atoms. The zero-order chi connectivity index (χ0) is 21.6. The van der Waals surface area contributed by atoms with Gasteiger partial charge in [-0.05, 0) is 29.8 Å². The van der Waals surface area contributed by atoms with Crippen LogP contribution in [-0.4, -0.2) is 33.4 Å². The van der Waals surface area contributed by atoms with Crippen molar-refractivity contribution in [3.63, 3.8) is 0 Å². The molecule has 9 heteroatoms. The van der Waals surface area contributed by atoms with Gasteiger partial charge in [-0.2, -0.15) is 5.26 Å². The van der Waals surface area contributed by atoms with Gasteiger partial charge in [0.1, 0.15) is 10.7 Å². The van der Waals surface area contributed by atoms with Crippen LogP contribution >= 0.6 is 11.3 Å². The molecule has 152 valence electrons. The van der Waals surface area contributed by atoms with Crippen molar-refractivity contribution in [1.29, 1.82) is 5.26 Å². The predicted octanol–water partition coefficient (Wildman–Crippen LogP) is 3.61. The molecule has 0 aliphatic rings. The maximum Gasteiger partial charge on any atom is 0.359 e. The third-order valence-corrected chi connectivity index (χ3v) is 5.29. The third kappa shape index (κ3) is 4.71. The highest BCUT2D eigenvalue weighted by Crippen LogP contribution is 2.30. The first-order chi connectivity index (χ1) is 15.1. The molecule has 0 radical (unpaired) electrons. The quantitative estimate of drug-likeness (QED) is 0.465. The minimum Gasteiger partial charge on any atom is -0.451 e. The summed E-state index contributed by atoms with van der Waals surface area (Å²) in [6, 6.07) is 16.5. The van der Waals surface area contributed by atoms with Crippen LogP contribution in [0.25, 0.3) is 20.9 Å². The Morgan fingerprint density at radius 2 is 1.84 bits per heavy atom. The lowest BCUT2D eigenvalue weighted by atomic mass is 10.1. The molecule has 8 nitrogen and oxygen atoms in total. The van der Waals surface area contributed by atoms with Crippen molar-refractivity contribution in [2.24, 2.45) is 0 Å². The van der Waals surface area contributed by atoms with Crippen LogP contribution in [0.3, 0.4) is 0 Å². The number of nitrogens with zero attached hydrogens (tertiary/aromatic N) is 4. The van der Waals surface area contributed by atoms with Crippen LogP contribution < -0.4 is 5.32 Å². The molecule has 2 aromatic carbocycles. The Hall–Kier alpha value is -4.16. The molecular weight excluding hydrogens is 414 g/mol. The maximum absolute atomic E-state index is 12.6. The predicted molar refractivity (Wildman–Crippen MR) is 115 cm³/mol. The molecule has 0 saturated carbocycles. The first kappa shape index (κ1) is 20.1. The molecule has 0 atom stereocenters. The molecule has 4 aromatic rings. The van der Waals surface area contributed by atoms with Crippen molar-refractivity contribution in [1.82, 2.24) is 15.0 Å². The molecule has 1 amide bonds. The number of amides is 1. The number of benzene rings is 2. The van der Waals surface area contributed by atoms with Crippen molar-refractivity contribution >= 4 is 39.1 Å². The standard InChI is InChI=1S/C22H15N5O3S/c23-10-9-14-5-7-15(8-6-14)26-18(28)13-30-22(29)20-19(24-11-12-25-20)21-27-16-3-1-2-4-17(16)31-21/h1-8,11-12H,9,13H2,(H,26,28). The molecule has 0 aliphatic heterocycles. The van der Waals surface area contributed by atoms with Crippen molar-refractivity contribution < 1.29 is 14.3 Å². The summed E-state index contributed by atoms with van der Waals surface area (Å²) in [6.45, 7) is -0.478. The van der Waals surface area contributed by atoms with Crippen LogP contribution in [0, 0.1) is 11.3 Å². The second-order valence-electron chi connectivity index (χ2n) is 6.40. The first-order valence-corrected chi connectivity index (χ1v) is 10.1. The van der Waals surface area contributed by atoms with Crippen molar-refractivity contribution in [2.75, 3.05) is 11.9 Å². The first-order valence-electron chi connectivity index (χ1n) is 9.24. The van der Waals surface area contributed by atoms with E-state index in [0.29, 0.717) is 22.8 Å². The topological polar surface area (TPSA) is 118 Å². The van der Waals surface area contributed by atoms with E-state index in [2.05, 4.69) is 26.3 Å². The van der Waals surface area contributed by atoms with Crippen molar-refractivity contribution in [3.05, 3.63) is 72.2 Å². The second kappa shape index (κ2) is 9.11. The molecule has 0 spiro atoms. The number of thiazole rings is 1. The van der Waals surface area contributed by atoms with E-state index in [-0.39, 0.29) is 5.69 Å². The molecule has 0 fully saturated rings. The van der Waals surface area contributed by atoms with E-state index in [1.54, 1.807) is 24.3 Å². The van der Waals surface area contributed by atoms with Crippen LogP contribution in [0.15, 0.2) is 60.9 Å². The van der Waals surface area contributed by atoms with Crippen LogP contribution in [0.1, 0.15) is 16.1 Å². The van der Waals surface area contributed by atoms with E-state index in [0.717, 1.165) is 15.8 Å². The minimum atomic E-state index is -0.762. The Kier molecular flexibility index (Phi) is 5.91. The smallest absolute Gasteiger partial charge is 0.359 e. The lowest BCUT2D eigenvalue weighted by Gasteiger charge is -2.08. The summed E-state index contributed by atoms with van der Waals surface area (Å²) in [7, 11) is 0. The summed E-state index contributed by atoms with van der Waals surface area (Å²) in [4.78, 5) is 37.5. The fraction of sp³-hybridized carbons (Fsp3) is 0.0909. The van der Waals surface area contributed by atoms with Gasteiger partial charge in [0.2, 0.25) is 0 Å². The lowest BCUT2D eigenvalue weighted by molar-refractivity contribution is -0.119. The highest BCUT2D eigenvalue weighted by molar-refractivity contribution is 7.21. The van der Waals surface area contributed by atoms with Crippen LogP contribution in [0.5, 0.6) is 0 Å². The summed E-state index contributed by atoms with van der Waals surface area (Å²) in [5, 5.41) is 11.9. The molecule has 2 heterocycles. The van der Waals surface area contributed by atoms with Gasteiger partial charge in [0.15, 0.2) is 12.3 Å². The van der Waals surface area contributed by atoms with Crippen LogP contribution in [0.4, 0.5) is 5.69 Å².